The highest BCUT2D eigenvalue weighted by atomic mass is 32.2. The van der Waals surface area contributed by atoms with Crippen LogP contribution in [0.5, 0.6) is 0 Å². The molecule has 6 nitrogen and oxygen atoms in total. The van der Waals surface area contributed by atoms with E-state index in [2.05, 4.69) is 15.6 Å². The van der Waals surface area contributed by atoms with Crippen molar-refractivity contribution in [2.45, 2.75) is 44.9 Å². The van der Waals surface area contributed by atoms with E-state index in [4.69, 9.17) is 0 Å². The van der Waals surface area contributed by atoms with Gasteiger partial charge in [0.05, 0.1) is 6.26 Å². The monoisotopic (exact) mass is 344 g/mol. The third-order valence-corrected chi connectivity index (χ3v) is 6.41. The molecule has 23 heavy (non-hydrogen) atoms. The summed E-state index contributed by atoms with van der Waals surface area (Å²) in [7, 11) is -1.22. The van der Waals surface area contributed by atoms with Crippen molar-refractivity contribution in [1.29, 1.82) is 0 Å². The van der Waals surface area contributed by atoms with Crippen LogP contribution >= 0.6 is 0 Å². The number of aliphatic imine (C=N–C) groups is 1. The third-order valence-electron chi connectivity index (χ3n) is 5.11. The lowest BCUT2D eigenvalue weighted by Gasteiger charge is -2.30. The molecular weight excluding hydrogens is 312 g/mol. The van der Waals surface area contributed by atoms with Crippen molar-refractivity contribution >= 4 is 16.0 Å². The van der Waals surface area contributed by atoms with Crippen LogP contribution in [0, 0.1) is 11.8 Å². The standard InChI is InChI=1S/C16H32N4O2S/c1-17-16(18-12-14-6-4-3-5-7-14)19-13-15-8-10-20(11-9-15)23(2,21)22/h14-15H,3-13H2,1-2H3,(H2,17,18,19). The maximum Gasteiger partial charge on any atom is 0.211 e. The topological polar surface area (TPSA) is 73.8 Å². The van der Waals surface area contributed by atoms with E-state index in [1.54, 1.807) is 4.31 Å². The van der Waals surface area contributed by atoms with Gasteiger partial charge in [0.25, 0.3) is 0 Å². The van der Waals surface area contributed by atoms with Gasteiger partial charge in [-0.1, -0.05) is 19.3 Å². The van der Waals surface area contributed by atoms with Crippen LogP contribution in [0.1, 0.15) is 44.9 Å². The van der Waals surface area contributed by atoms with Gasteiger partial charge in [-0.3, -0.25) is 4.99 Å². The van der Waals surface area contributed by atoms with Gasteiger partial charge < -0.3 is 10.6 Å². The van der Waals surface area contributed by atoms with Gasteiger partial charge >= 0.3 is 0 Å². The molecule has 1 saturated heterocycles. The predicted octanol–water partition coefficient (Wildman–Crippen LogP) is 1.40. The highest BCUT2D eigenvalue weighted by Crippen LogP contribution is 2.22. The van der Waals surface area contributed by atoms with Crippen LogP contribution in [0.2, 0.25) is 0 Å². The SMILES string of the molecule is CN=C(NCC1CCCCC1)NCC1CCN(S(C)(=O)=O)CC1. The maximum atomic E-state index is 11.5. The Hall–Kier alpha value is -0.820. The molecule has 2 fully saturated rings. The summed E-state index contributed by atoms with van der Waals surface area (Å²) in [5.41, 5.74) is 0. The first-order chi connectivity index (χ1) is 11.0. The van der Waals surface area contributed by atoms with Crippen molar-refractivity contribution in [2.24, 2.45) is 16.8 Å². The molecule has 1 aliphatic carbocycles. The van der Waals surface area contributed by atoms with Crippen LogP contribution in [-0.4, -0.2) is 58.2 Å². The van der Waals surface area contributed by atoms with E-state index in [-0.39, 0.29) is 0 Å². The fraction of sp³-hybridized carbons (Fsp3) is 0.938. The van der Waals surface area contributed by atoms with E-state index in [1.165, 1.54) is 38.4 Å². The minimum absolute atomic E-state index is 0.515. The van der Waals surface area contributed by atoms with Crippen molar-refractivity contribution in [2.75, 3.05) is 39.5 Å². The number of rotatable bonds is 5. The van der Waals surface area contributed by atoms with Gasteiger partial charge in [0.1, 0.15) is 0 Å². The number of guanidine groups is 1. The molecule has 7 heteroatoms. The van der Waals surface area contributed by atoms with Crippen LogP contribution in [0.25, 0.3) is 0 Å². The quantitative estimate of drug-likeness (QED) is 0.584. The first-order valence-corrected chi connectivity index (χ1v) is 10.7. The number of hydrogen-bond acceptors (Lipinski definition) is 3. The van der Waals surface area contributed by atoms with Gasteiger partial charge in [-0.05, 0) is 37.5 Å². The van der Waals surface area contributed by atoms with Gasteiger partial charge in [0.2, 0.25) is 10.0 Å². The Balaban J connectivity index is 1.66. The zero-order valence-corrected chi connectivity index (χ0v) is 15.4. The summed E-state index contributed by atoms with van der Waals surface area (Å²) >= 11 is 0. The summed E-state index contributed by atoms with van der Waals surface area (Å²) in [6, 6.07) is 0. The first kappa shape index (κ1) is 18.5. The molecule has 0 bridgehead atoms. The average Bonchev–Trinajstić information content (AvgIpc) is 2.55. The minimum atomic E-state index is -3.03. The number of piperidine rings is 1. The molecule has 0 atom stereocenters. The summed E-state index contributed by atoms with van der Waals surface area (Å²) in [5.74, 6) is 2.17. The lowest BCUT2D eigenvalue weighted by molar-refractivity contribution is 0.274. The van der Waals surface area contributed by atoms with Crippen LogP contribution in [0.4, 0.5) is 0 Å². The molecule has 0 aromatic carbocycles. The van der Waals surface area contributed by atoms with Crippen LogP contribution in [-0.2, 0) is 10.0 Å². The van der Waals surface area contributed by atoms with E-state index < -0.39 is 10.0 Å². The van der Waals surface area contributed by atoms with E-state index in [9.17, 15) is 8.42 Å². The zero-order valence-electron chi connectivity index (χ0n) is 14.6. The summed E-state index contributed by atoms with van der Waals surface area (Å²) in [4.78, 5) is 4.30. The smallest absolute Gasteiger partial charge is 0.211 e. The van der Waals surface area contributed by atoms with E-state index in [0.29, 0.717) is 19.0 Å². The highest BCUT2D eigenvalue weighted by Gasteiger charge is 2.24. The van der Waals surface area contributed by atoms with Crippen molar-refractivity contribution in [3.63, 3.8) is 0 Å². The fourth-order valence-electron chi connectivity index (χ4n) is 3.54. The summed E-state index contributed by atoms with van der Waals surface area (Å²) in [6.45, 7) is 3.15. The average molecular weight is 345 g/mol. The lowest BCUT2D eigenvalue weighted by Crippen LogP contribution is -2.44. The molecule has 2 N–H and O–H groups in total. The van der Waals surface area contributed by atoms with Crippen molar-refractivity contribution in [1.82, 2.24) is 14.9 Å². The second-order valence-corrected chi connectivity index (χ2v) is 8.93. The second-order valence-electron chi connectivity index (χ2n) is 6.94. The predicted molar refractivity (Wildman–Crippen MR) is 95.1 cm³/mol. The Morgan fingerprint density at radius 3 is 2.00 bits per heavy atom. The van der Waals surface area contributed by atoms with Gasteiger partial charge in [-0.2, -0.15) is 0 Å². The van der Waals surface area contributed by atoms with E-state index >= 15 is 0 Å². The molecule has 2 rings (SSSR count). The summed E-state index contributed by atoms with van der Waals surface area (Å²) in [6.07, 6.45) is 9.88. The molecule has 1 heterocycles. The van der Waals surface area contributed by atoms with Crippen molar-refractivity contribution < 1.29 is 8.42 Å². The number of sulfonamides is 1. The minimum Gasteiger partial charge on any atom is -0.356 e. The van der Waals surface area contributed by atoms with Crippen LogP contribution in [0.3, 0.4) is 0 Å². The molecule has 0 aromatic rings. The van der Waals surface area contributed by atoms with Crippen molar-refractivity contribution in [3.8, 4) is 0 Å². The van der Waals surface area contributed by atoms with Gasteiger partial charge in [0, 0.05) is 33.2 Å². The Kier molecular flexibility index (Phi) is 7.14. The zero-order chi connectivity index (χ0) is 16.7. The number of nitrogens with one attached hydrogen (secondary N) is 2. The Morgan fingerprint density at radius 1 is 1.00 bits per heavy atom. The second kappa shape index (κ2) is 8.87. The fourth-order valence-corrected chi connectivity index (χ4v) is 4.41. The normalized spacial score (nSPS) is 23.0. The van der Waals surface area contributed by atoms with Gasteiger partial charge in [0.15, 0.2) is 5.96 Å². The van der Waals surface area contributed by atoms with Gasteiger partial charge in [-0.25, -0.2) is 12.7 Å². The van der Waals surface area contributed by atoms with Gasteiger partial charge in [-0.15, -0.1) is 0 Å². The Labute approximate surface area is 141 Å². The summed E-state index contributed by atoms with van der Waals surface area (Å²) in [5, 5.41) is 6.85. The van der Waals surface area contributed by atoms with Crippen LogP contribution in [0.15, 0.2) is 4.99 Å². The van der Waals surface area contributed by atoms with E-state index in [1.807, 2.05) is 7.05 Å². The third kappa shape index (κ3) is 6.30. The molecule has 2 aliphatic rings. The molecule has 0 aromatic heterocycles. The molecule has 0 radical (unpaired) electrons. The lowest BCUT2D eigenvalue weighted by atomic mass is 9.89. The molecule has 1 aliphatic heterocycles. The first-order valence-electron chi connectivity index (χ1n) is 8.88. The van der Waals surface area contributed by atoms with Crippen molar-refractivity contribution in [3.05, 3.63) is 0 Å². The molecule has 134 valence electrons. The largest absolute Gasteiger partial charge is 0.356 e. The number of hydrogen-bond donors (Lipinski definition) is 2. The molecular formula is C16H32N4O2S. The molecule has 0 amide bonds. The molecule has 1 saturated carbocycles. The van der Waals surface area contributed by atoms with Crippen LogP contribution < -0.4 is 10.6 Å². The molecule has 0 unspecified atom stereocenters. The summed E-state index contributed by atoms with van der Waals surface area (Å²) < 4.78 is 24.6. The maximum absolute atomic E-state index is 11.5. The molecule has 0 spiro atoms. The van der Waals surface area contributed by atoms with E-state index in [0.717, 1.165) is 37.8 Å². The number of nitrogens with zero attached hydrogens (tertiary/aromatic N) is 2. The highest BCUT2D eigenvalue weighted by molar-refractivity contribution is 7.88. The Bertz CT molecular complexity index is 478. The Morgan fingerprint density at radius 2 is 1.52 bits per heavy atom.